The van der Waals surface area contributed by atoms with E-state index in [-0.39, 0.29) is 6.04 Å². The average Bonchev–Trinajstić information content (AvgIpc) is 2.29. The predicted octanol–water partition coefficient (Wildman–Crippen LogP) is 1.87. The monoisotopic (exact) mass is 275 g/mol. The van der Waals surface area contributed by atoms with Crippen LogP contribution in [0, 0.1) is 0 Å². The van der Waals surface area contributed by atoms with Gasteiger partial charge in [-0.1, -0.05) is 6.92 Å². The molecule has 4 nitrogen and oxygen atoms in total. The van der Waals surface area contributed by atoms with Gasteiger partial charge < -0.3 is 10.1 Å². The van der Waals surface area contributed by atoms with Gasteiger partial charge in [-0.15, -0.1) is 0 Å². The number of hydrogen-bond acceptors (Lipinski definition) is 4. The Morgan fingerprint density at radius 3 is 2.61 bits per heavy atom. The van der Waals surface area contributed by atoms with Crippen LogP contribution in [-0.2, 0) is 14.6 Å². The minimum atomic E-state index is -3.14. The first-order valence-corrected chi connectivity index (χ1v) is 8.43. The number of rotatable bonds is 6. The summed E-state index contributed by atoms with van der Waals surface area (Å²) < 4.78 is 28.5. The Labute approximate surface area is 111 Å². The van der Waals surface area contributed by atoms with Gasteiger partial charge in [0, 0.05) is 6.26 Å². The van der Waals surface area contributed by atoms with E-state index in [4.69, 9.17) is 4.74 Å². The van der Waals surface area contributed by atoms with Crippen molar-refractivity contribution in [2.24, 2.45) is 0 Å². The minimum Gasteiger partial charge on any atom is -0.501 e. The normalized spacial score (nSPS) is 19.0. The lowest BCUT2D eigenvalue weighted by atomic mass is 9.92. The van der Waals surface area contributed by atoms with E-state index in [1.54, 1.807) is 20.1 Å². The first-order valence-electron chi connectivity index (χ1n) is 6.54. The van der Waals surface area contributed by atoms with E-state index < -0.39 is 14.6 Å². The third-order valence-corrected chi connectivity index (χ3v) is 5.73. The molecule has 0 bridgehead atoms. The molecular weight excluding hydrogens is 250 g/mol. The van der Waals surface area contributed by atoms with Gasteiger partial charge in [0.2, 0.25) is 0 Å². The molecule has 18 heavy (non-hydrogen) atoms. The van der Waals surface area contributed by atoms with Crippen molar-refractivity contribution in [1.82, 2.24) is 5.32 Å². The third kappa shape index (κ3) is 3.48. The lowest BCUT2D eigenvalue weighted by Gasteiger charge is -2.36. The fourth-order valence-corrected chi connectivity index (χ4v) is 2.79. The molecule has 1 aliphatic heterocycles. The molecule has 5 heteroatoms. The van der Waals surface area contributed by atoms with Gasteiger partial charge in [0.25, 0.3) is 0 Å². The van der Waals surface area contributed by atoms with Crippen LogP contribution in [0.5, 0.6) is 0 Å². The molecule has 0 spiro atoms. The summed E-state index contributed by atoms with van der Waals surface area (Å²) in [5.41, 5.74) is 1.06. The Morgan fingerprint density at radius 1 is 1.50 bits per heavy atom. The van der Waals surface area contributed by atoms with Crippen molar-refractivity contribution in [3.63, 3.8) is 0 Å². The van der Waals surface area contributed by atoms with E-state index in [0.717, 1.165) is 38.0 Å². The zero-order valence-electron chi connectivity index (χ0n) is 11.8. The molecule has 0 amide bonds. The standard InChI is InChI=1S/C13H25NO3S/c1-5-8-14-12(11-7-6-9-17-10-11)13(2,3)18(4,15)16/h10,12,14H,5-9H2,1-4H3. The zero-order chi connectivity index (χ0) is 13.8. The lowest BCUT2D eigenvalue weighted by Crippen LogP contribution is -2.53. The van der Waals surface area contributed by atoms with Crippen molar-refractivity contribution in [2.75, 3.05) is 19.4 Å². The van der Waals surface area contributed by atoms with Crippen LogP contribution in [-0.4, -0.2) is 38.6 Å². The number of nitrogens with one attached hydrogen (secondary N) is 1. The minimum absolute atomic E-state index is 0.173. The quantitative estimate of drug-likeness (QED) is 0.804. The van der Waals surface area contributed by atoms with Gasteiger partial charge in [-0.3, -0.25) is 0 Å². The van der Waals surface area contributed by atoms with Crippen molar-refractivity contribution in [1.29, 1.82) is 0 Å². The van der Waals surface area contributed by atoms with E-state index in [1.807, 2.05) is 0 Å². The van der Waals surface area contributed by atoms with E-state index in [2.05, 4.69) is 12.2 Å². The Balaban J connectivity index is 3.00. The Hall–Kier alpha value is -0.550. The number of ether oxygens (including phenoxy) is 1. The SMILES string of the molecule is CCCNC(C1=COCCC1)C(C)(C)S(C)(=O)=O. The topological polar surface area (TPSA) is 55.4 Å². The van der Waals surface area contributed by atoms with E-state index in [1.165, 1.54) is 6.26 Å². The Bertz CT molecular complexity index is 398. The van der Waals surface area contributed by atoms with Crippen molar-refractivity contribution in [2.45, 2.75) is 50.8 Å². The summed E-state index contributed by atoms with van der Waals surface area (Å²) in [5.74, 6) is 0. The molecule has 0 fully saturated rings. The molecule has 0 aromatic rings. The zero-order valence-corrected chi connectivity index (χ0v) is 12.6. The molecule has 0 saturated heterocycles. The average molecular weight is 275 g/mol. The van der Waals surface area contributed by atoms with Gasteiger partial charge in [0.05, 0.1) is 23.7 Å². The van der Waals surface area contributed by atoms with Crippen LogP contribution in [0.25, 0.3) is 0 Å². The predicted molar refractivity (Wildman–Crippen MR) is 74.3 cm³/mol. The maximum atomic E-state index is 12.0. The molecule has 1 aliphatic rings. The first-order chi connectivity index (χ1) is 8.30. The van der Waals surface area contributed by atoms with Gasteiger partial charge in [0.15, 0.2) is 9.84 Å². The highest BCUT2D eigenvalue weighted by Gasteiger charge is 2.40. The second-order valence-electron chi connectivity index (χ2n) is 5.43. The van der Waals surface area contributed by atoms with Crippen LogP contribution in [0.4, 0.5) is 0 Å². The van der Waals surface area contributed by atoms with Crippen molar-refractivity contribution in [3.8, 4) is 0 Å². The molecule has 0 aliphatic carbocycles. The summed E-state index contributed by atoms with van der Waals surface area (Å²) in [5, 5.41) is 3.36. The largest absolute Gasteiger partial charge is 0.501 e. The fraction of sp³-hybridized carbons (Fsp3) is 0.846. The maximum absolute atomic E-state index is 12.0. The molecular formula is C13H25NO3S. The number of hydrogen-bond donors (Lipinski definition) is 1. The molecule has 1 atom stereocenters. The van der Waals surface area contributed by atoms with Crippen LogP contribution in [0.15, 0.2) is 11.8 Å². The first kappa shape index (κ1) is 15.5. The molecule has 1 heterocycles. The third-order valence-electron chi connectivity index (χ3n) is 3.58. The summed E-state index contributed by atoms with van der Waals surface area (Å²) >= 11 is 0. The number of sulfone groups is 1. The summed E-state index contributed by atoms with van der Waals surface area (Å²) in [7, 11) is -3.14. The van der Waals surface area contributed by atoms with Gasteiger partial charge in [-0.05, 0) is 45.2 Å². The maximum Gasteiger partial charge on any atom is 0.154 e. The van der Waals surface area contributed by atoms with Crippen molar-refractivity contribution >= 4 is 9.84 Å². The van der Waals surface area contributed by atoms with Crippen LogP contribution in [0.2, 0.25) is 0 Å². The molecule has 1 unspecified atom stereocenters. The summed E-state index contributed by atoms with van der Waals surface area (Å²) in [6.07, 6.45) is 5.88. The Kier molecular flexibility index (Phi) is 5.22. The Morgan fingerprint density at radius 2 is 2.17 bits per heavy atom. The fourth-order valence-electron chi connectivity index (χ4n) is 2.12. The molecule has 0 saturated carbocycles. The summed E-state index contributed by atoms with van der Waals surface area (Å²) in [4.78, 5) is 0. The van der Waals surface area contributed by atoms with Crippen molar-refractivity contribution < 1.29 is 13.2 Å². The highest BCUT2D eigenvalue weighted by atomic mass is 32.2. The highest BCUT2D eigenvalue weighted by molar-refractivity contribution is 7.92. The molecule has 0 aromatic carbocycles. The van der Waals surface area contributed by atoms with Gasteiger partial charge in [0.1, 0.15) is 0 Å². The second kappa shape index (κ2) is 6.06. The van der Waals surface area contributed by atoms with Gasteiger partial charge in [-0.2, -0.15) is 0 Å². The summed E-state index contributed by atoms with van der Waals surface area (Å²) in [6.45, 7) is 7.17. The smallest absolute Gasteiger partial charge is 0.154 e. The molecule has 0 radical (unpaired) electrons. The molecule has 1 N–H and O–H groups in total. The molecule has 0 aromatic heterocycles. The summed E-state index contributed by atoms with van der Waals surface area (Å²) in [6, 6.07) is -0.173. The van der Waals surface area contributed by atoms with Crippen LogP contribution in [0.1, 0.15) is 40.0 Å². The van der Waals surface area contributed by atoms with Gasteiger partial charge in [-0.25, -0.2) is 8.42 Å². The van der Waals surface area contributed by atoms with Crippen LogP contribution < -0.4 is 5.32 Å². The van der Waals surface area contributed by atoms with Crippen LogP contribution >= 0.6 is 0 Å². The van der Waals surface area contributed by atoms with E-state index in [0.29, 0.717) is 0 Å². The molecule has 1 rings (SSSR count). The van der Waals surface area contributed by atoms with E-state index in [9.17, 15) is 8.42 Å². The van der Waals surface area contributed by atoms with E-state index >= 15 is 0 Å². The lowest BCUT2D eigenvalue weighted by molar-refractivity contribution is 0.216. The highest BCUT2D eigenvalue weighted by Crippen LogP contribution is 2.29. The van der Waals surface area contributed by atoms with Crippen LogP contribution in [0.3, 0.4) is 0 Å². The second-order valence-corrected chi connectivity index (χ2v) is 8.03. The van der Waals surface area contributed by atoms with Crippen molar-refractivity contribution in [3.05, 3.63) is 11.8 Å². The molecule has 106 valence electrons. The van der Waals surface area contributed by atoms with Gasteiger partial charge >= 0.3 is 0 Å².